The van der Waals surface area contributed by atoms with Gasteiger partial charge >= 0.3 is 5.97 Å². The zero-order chi connectivity index (χ0) is 19.7. The molecule has 29 heavy (non-hydrogen) atoms. The van der Waals surface area contributed by atoms with Crippen LogP contribution in [0.4, 0.5) is 0 Å². The van der Waals surface area contributed by atoms with E-state index < -0.39 is 17.0 Å². The molecule has 0 aromatic heterocycles. The molecule has 1 heterocycles. The number of rotatable bonds is 2. The molecule has 6 aliphatic rings. The maximum atomic E-state index is 12.9. The molecule has 2 spiro atoms. The molecule has 0 atom stereocenters. The molecule has 5 heteroatoms. The van der Waals surface area contributed by atoms with Crippen LogP contribution in [0.3, 0.4) is 0 Å². The average molecular weight is 398 g/mol. The summed E-state index contributed by atoms with van der Waals surface area (Å²) in [6, 6.07) is 10.0. The maximum absolute atomic E-state index is 12.9. The second-order valence-electron chi connectivity index (χ2n) is 10.1. The van der Waals surface area contributed by atoms with E-state index >= 15 is 0 Å². The number of esters is 1. The Morgan fingerprint density at radius 2 is 1.52 bits per heavy atom. The van der Waals surface area contributed by atoms with E-state index in [2.05, 4.69) is 0 Å². The van der Waals surface area contributed by atoms with Gasteiger partial charge in [0, 0.05) is 24.7 Å². The number of benzene rings is 1. The largest absolute Gasteiger partial charge is 0.468 e. The maximum Gasteiger partial charge on any atom is 0.316 e. The Morgan fingerprint density at radius 1 is 0.897 bits per heavy atom. The molecule has 4 bridgehead atoms. The summed E-state index contributed by atoms with van der Waals surface area (Å²) < 4.78 is 12.0. The first-order chi connectivity index (χ1) is 14.1. The predicted octanol–water partition coefficient (Wildman–Crippen LogP) is 4.50. The van der Waals surface area contributed by atoms with Crippen LogP contribution >= 0.6 is 0 Å². The number of ether oxygens (including phenoxy) is 2. The molecule has 6 fully saturated rings. The Balaban J connectivity index is 1.25. The van der Waals surface area contributed by atoms with Crippen LogP contribution in [0.5, 0.6) is 0 Å². The highest BCUT2D eigenvalue weighted by atomic mass is 17.3. The van der Waals surface area contributed by atoms with E-state index in [-0.39, 0.29) is 5.97 Å². The Hall–Kier alpha value is -1.43. The van der Waals surface area contributed by atoms with Gasteiger partial charge in [0.15, 0.2) is 0 Å². The summed E-state index contributed by atoms with van der Waals surface area (Å²) in [5.41, 5.74) is 0.387. The fraction of sp³-hybridized carbons (Fsp3) is 0.708. The van der Waals surface area contributed by atoms with E-state index in [1.807, 2.05) is 30.3 Å². The van der Waals surface area contributed by atoms with Crippen molar-refractivity contribution in [1.29, 1.82) is 0 Å². The van der Waals surface area contributed by atoms with Crippen molar-refractivity contribution in [2.24, 2.45) is 23.7 Å². The van der Waals surface area contributed by atoms with Gasteiger partial charge in [0.05, 0.1) is 12.5 Å². The number of methoxy groups -OCH3 is 1. The monoisotopic (exact) mass is 398 g/mol. The Morgan fingerprint density at radius 3 is 2.10 bits per heavy atom. The van der Waals surface area contributed by atoms with Gasteiger partial charge in [0.2, 0.25) is 11.6 Å². The first kappa shape index (κ1) is 18.3. The molecule has 5 aliphatic carbocycles. The van der Waals surface area contributed by atoms with Crippen molar-refractivity contribution >= 4 is 5.97 Å². The highest BCUT2D eigenvalue weighted by Gasteiger charge is 2.67. The van der Waals surface area contributed by atoms with Crippen molar-refractivity contribution in [2.45, 2.75) is 74.8 Å². The molecule has 0 radical (unpaired) electrons. The van der Waals surface area contributed by atoms with E-state index in [9.17, 15) is 4.79 Å². The molecule has 156 valence electrons. The second-order valence-corrected chi connectivity index (χ2v) is 10.1. The van der Waals surface area contributed by atoms with Crippen LogP contribution in [0.25, 0.3) is 0 Å². The third-order valence-electron chi connectivity index (χ3n) is 8.71. The summed E-state index contributed by atoms with van der Waals surface area (Å²) in [6.07, 6.45) is 8.81. The number of hydrogen-bond donors (Lipinski definition) is 0. The van der Waals surface area contributed by atoms with Crippen LogP contribution in [0.1, 0.15) is 63.4 Å². The summed E-state index contributed by atoms with van der Waals surface area (Å²) in [5.74, 6) is 1.18. The lowest BCUT2D eigenvalue weighted by Crippen LogP contribution is -2.59. The molecule has 5 saturated carbocycles. The van der Waals surface area contributed by atoms with Crippen LogP contribution in [-0.4, -0.2) is 24.7 Å². The van der Waals surface area contributed by atoms with Crippen molar-refractivity contribution in [1.82, 2.24) is 0 Å². The molecular weight excluding hydrogens is 368 g/mol. The normalized spacial score (nSPS) is 47.8. The molecular formula is C24H30O5. The predicted molar refractivity (Wildman–Crippen MR) is 104 cm³/mol. The molecule has 1 aliphatic heterocycles. The molecule has 0 unspecified atom stereocenters. The van der Waals surface area contributed by atoms with E-state index in [0.29, 0.717) is 37.5 Å². The quantitative estimate of drug-likeness (QED) is 0.542. The zero-order valence-corrected chi connectivity index (χ0v) is 17.1. The van der Waals surface area contributed by atoms with E-state index in [1.54, 1.807) is 0 Å². The molecule has 5 nitrogen and oxygen atoms in total. The summed E-state index contributed by atoms with van der Waals surface area (Å²) in [4.78, 5) is 25.0. The van der Waals surface area contributed by atoms with Crippen LogP contribution in [0.15, 0.2) is 30.3 Å². The molecule has 1 aromatic rings. The Bertz CT molecular complexity index is 767. The van der Waals surface area contributed by atoms with E-state index in [0.717, 1.165) is 17.4 Å². The Kier molecular flexibility index (Phi) is 3.98. The van der Waals surface area contributed by atoms with E-state index in [4.69, 9.17) is 19.2 Å². The second kappa shape index (κ2) is 6.29. The summed E-state index contributed by atoms with van der Waals surface area (Å²) >= 11 is 0. The lowest BCUT2D eigenvalue weighted by atomic mass is 9.53. The summed E-state index contributed by atoms with van der Waals surface area (Å²) in [5, 5.41) is 0. The Labute approximate surface area is 172 Å². The van der Waals surface area contributed by atoms with Gasteiger partial charge in [-0.25, -0.2) is 0 Å². The standard InChI is InChI=1S/C24H30O5/c1-26-21(25)22(18-5-3-2-4-6-18)7-9-23(10-8-22)27-24(29-28-23)19-12-16-11-17(14-19)15-20(24)13-16/h2-6,16-17,19-20H,7-15H2,1H3. The van der Waals surface area contributed by atoms with Crippen molar-refractivity contribution in [3.8, 4) is 0 Å². The number of carbonyl (C=O) groups excluding carboxylic acids is 1. The van der Waals surface area contributed by atoms with Gasteiger partial charge in [-0.2, -0.15) is 9.78 Å². The fourth-order valence-corrected chi connectivity index (χ4v) is 7.42. The van der Waals surface area contributed by atoms with Crippen LogP contribution in [-0.2, 0) is 29.5 Å². The SMILES string of the molecule is COC(=O)C1(c2ccccc2)CCC2(CC1)OOC1(O2)C2CC3CC(C2)CC1C3. The number of carbonyl (C=O) groups is 1. The van der Waals surface area contributed by atoms with Crippen LogP contribution in [0, 0.1) is 23.7 Å². The molecule has 0 amide bonds. The van der Waals surface area contributed by atoms with Gasteiger partial charge in [-0.1, -0.05) is 30.3 Å². The average Bonchev–Trinajstić information content (AvgIpc) is 3.13. The van der Waals surface area contributed by atoms with Crippen molar-refractivity contribution in [2.75, 3.05) is 7.11 Å². The molecule has 1 saturated heterocycles. The van der Waals surface area contributed by atoms with Crippen LogP contribution in [0.2, 0.25) is 0 Å². The van der Waals surface area contributed by atoms with Gasteiger partial charge in [0.25, 0.3) is 0 Å². The minimum absolute atomic E-state index is 0.165. The van der Waals surface area contributed by atoms with Gasteiger partial charge in [-0.05, 0) is 62.3 Å². The first-order valence-corrected chi connectivity index (χ1v) is 11.3. The fourth-order valence-electron chi connectivity index (χ4n) is 7.42. The highest BCUT2D eigenvalue weighted by Crippen LogP contribution is 2.64. The van der Waals surface area contributed by atoms with Gasteiger partial charge in [-0.3, -0.25) is 4.79 Å². The topological polar surface area (TPSA) is 54.0 Å². The van der Waals surface area contributed by atoms with Crippen molar-refractivity contribution < 1.29 is 24.0 Å². The molecule has 7 rings (SSSR count). The first-order valence-electron chi connectivity index (χ1n) is 11.3. The lowest BCUT2D eigenvalue weighted by molar-refractivity contribution is -0.390. The van der Waals surface area contributed by atoms with Crippen LogP contribution < -0.4 is 0 Å². The highest BCUT2D eigenvalue weighted by molar-refractivity contribution is 5.83. The minimum Gasteiger partial charge on any atom is -0.468 e. The van der Waals surface area contributed by atoms with Crippen molar-refractivity contribution in [3.63, 3.8) is 0 Å². The molecule has 1 aromatic carbocycles. The third-order valence-corrected chi connectivity index (χ3v) is 8.71. The van der Waals surface area contributed by atoms with Gasteiger partial charge < -0.3 is 9.47 Å². The smallest absolute Gasteiger partial charge is 0.316 e. The van der Waals surface area contributed by atoms with Gasteiger partial charge in [-0.15, -0.1) is 0 Å². The van der Waals surface area contributed by atoms with E-state index in [1.165, 1.54) is 39.2 Å². The zero-order valence-electron chi connectivity index (χ0n) is 17.1. The summed E-state index contributed by atoms with van der Waals surface area (Å²) in [7, 11) is 1.48. The number of hydrogen-bond acceptors (Lipinski definition) is 5. The van der Waals surface area contributed by atoms with Crippen molar-refractivity contribution in [3.05, 3.63) is 35.9 Å². The lowest BCUT2D eigenvalue weighted by Gasteiger charge is -2.57. The summed E-state index contributed by atoms with van der Waals surface area (Å²) in [6.45, 7) is 0. The third kappa shape index (κ3) is 2.53. The molecule has 0 N–H and O–H groups in total. The minimum atomic E-state index is -0.721. The van der Waals surface area contributed by atoms with Gasteiger partial charge in [0.1, 0.15) is 0 Å².